The first-order valence-corrected chi connectivity index (χ1v) is 8.24. The molecule has 0 radical (unpaired) electrons. The Kier molecular flexibility index (Phi) is 7.18. The second-order valence-electron chi connectivity index (χ2n) is 5.79. The number of amides is 3. The average molecular weight is 371 g/mol. The summed E-state index contributed by atoms with van der Waals surface area (Å²) in [5.41, 5.74) is 3.83. The van der Waals surface area contributed by atoms with Gasteiger partial charge in [-0.3, -0.25) is 4.79 Å². The van der Waals surface area contributed by atoms with E-state index in [4.69, 9.17) is 4.74 Å². The van der Waals surface area contributed by atoms with Crippen molar-refractivity contribution in [3.63, 3.8) is 0 Å². The second kappa shape index (κ2) is 9.81. The standard InChI is InChI=1S/C19H21N3O5/c1-14(23)11-20-18(25)22(12-15-7-9-17(24)10-8-15)21-19(26)27-13-16-5-3-2-4-6-16/h2-10,24H,11-13H2,1H3,(H,20,25)(H,21,26). The van der Waals surface area contributed by atoms with E-state index in [1.54, 1.807) is 24.3 Å². The molecule has 0 aromatic heterocycles. The first kappa shape index (κ1) is 19.8. The number of Topliss-reactive ketones (excluding diaryl/α,β-unsaturated/α-hetero) is 1. The summed E-state index contributed by atoms with van der Waals surface area (Å²) >= 11 is 0. The second-order valence-corrected chi connectivity index (χ2v) is 5.79. The highest BCUT2D eigenvalue weighted by Gasteiger charge is 2.18. The van der Waals surface area contributed by atoms with Gasteiger partial charge in [-0.1, -0.05) is 42.5 Å². The Morgan fingerprint density at radius 3 is 2.30 bits per heavy atom. The maximum absolute atomic E-state index is 12.3. The summed E-state index contributed by atoms with van der Waals surface area (Å²) in [5.74, 6) is -0.138. The van der Waals surface area contributed by atoms with E-state index in [1.165, 1.54) is 19.1 Å². The average Bonchev–Trinajstić information content (AvgIpc) is 2.66. The molecule has 0 bridgehead atoms. The summed E-state index contributed by atoms with van der Waals surface area (Å²) in [4.78, 5) is 35.4. The van der Waals surface area contributed by atoms with Crippen LogP contribution in [0.4, 0.5) is 9.59 Å². The zero-order chi connectivity index (χ0) is 19.6. The molecule has 142 valence electrons. The molecule has 0 heterocycles. The maximum Gasteiger partial charge on any atom is 0.426 e. The van der Waals surface area contributed by atoms with E-state index in [0.717, 1.165) is 10.6 Å². The molecule has 8 heteroatoms. The number of aromatic hydroxyl groups is 1. The van der Waals surface area contributed by atoms with Gasteiger partial charge in [0.05, 0.1) is 13.1 Å². The number of hydrogen-bond donors (Lipinski definition) is 3. The number of nitrogens with zero attached hydrogens (tertiary/aromatic N) is 1. The summed E-state index contributed by atoms with van der Waals surface area (Å²) < 4.78 is 5.11. The molecule has 0 saturated carbocycles. The minimum Gasteiger partial charge on any atom is -0.508 e. The van der Waals surface area contributed by atoms with Gasteiger partial charge in [0.15, 0.2) is 0 Å². The number of benzene rings is 2. The largest absolute Gasteiger partial charge is 0.508 e. The number of phenols is 1. The Hall–Kier alpha value is -3.55. The quantitative estimate of drug-likeness (QED) is 0.676. The molecule has 2 rings (SSSR count). The van der Waals surface area contributed by atoms with E-state index in [0.29, 0.717) is 5.56 Å². The van der Waals surface area contributed by atoms with Crippen molar-refractivity contribution in [3.8, 4) is 5.75 Å². The van der Waals surface area contributed by atoms with Crippen LogP contribution in [0.2, 0.25) is 0 Å². The van der Waals surface area contributed by atoms with Gasteiger partial charge in [-0.2, -0.15) is 0 Å². The molecule has 8 nitrogen and oxygen atoms in total. The van der Waals surface area contributed by atoms with Gasteiger partial charge in [-0.05, 0) is 30.2 Å². The molecule has 3 amide bonds. The molecule has 2 aromatic rings. The normalized spacial score (nSPS) is 9.96. The lowest BCUT2D eigenvalue weighted by Gasteiger charge is -2.23. The first-order valence-electron chi connectivity index (χ1n) is 8.24. The minimum atomic E-state index is -0.810. The number of hydrazine groups is 1. The van der Waals surface area contributed by atoms with Gasteiger partial charge in [0.1, 0.15) is 18.1 Å². The van der Waals surface area contributed by atoms with Crippen LogP contribution < -0.4 is 10.7 Å². The Morgan fingerprint density at radius 1 is 1.00 bits per heavy atom. The van der Waals surface area contributed by atoms with Crippen molar-refractivity contribution >= 4 is 17.9 Å². The van der Waals surface area contributed by atoms with E-state index in [9.17, 15) is 19.5 Å². The topological polar surface area (TPSA) is 108 Å². The van der Waals surface area contributed by atoms with Gasteiger partial charge in [-0.25, -0.2) is 20.0 Å². The lowest BCUT2D eigenvalue weighted by atomic mass is 10.2. The van der Waals surface area contributed by atoms with Gasteiger partial charge in [0.2, 0.25) is 0 Å². The SMILES string of the molecule is CC(=O)CNC(=O)N(Cc1ccc(O)cc1)NC(=O)OCc1ccccc1. The Labute approximate surface area is 156 Å². The third-order valence-electron chi connectivity index (χ3n) is 3.45. The number of carbonyl (C=O) groups excluding carboxylic acids is 3. The molecule has 0 aliphatic heterocycles. The van der Waals surface area contributed by atoms with Gasteiger partial charge in [0.25, 0.3) is 0 Å². The van der Waals surface area contributed by atoms with E-state index in [-0.39, 0.29) is 31.2 Å². The Balaban J connectivity index is 1.99. The van der Waals surface area contributed by atoms with Crippen LogP contribution >= 0.6 is 0 Å². The molecule has 0 unspecified atom stereocenters. The van der Waals surface area contributed by atoms with Gasteiger partial charge in [-0.15, -0.1) is 0 Å². The van der Waals surface area contributed by atoms with E-state index < -0.39 is 12.1 Å². The molecule has 0 aliphatic carbocycles. The van der Waals surface area contributed by atoms with Crippen molar-refractivity contribution in [2.75, 3.05) is 6.54 Å². The summed E-state index contributed by atoms with van der Waals surface area (Å²) in [5, 5.41) is 12.8. The van der Waals surface area contributed by atoms with Gasteiger partial charge < -0.3 is 15.2 Å². The highest BCUT2D eigenvalue weighted by Crippen LogP contribution is 2.11. The van der Waals surface area contributed by atoms with Crippen molar-refractivity contribution in [1.29, 1.82) is 0 Å². The van der Waals surface area contributed by atoms with Crippen LogP contribution in [0.25, 0.3) is 0 Å². The summed E-state index contributed by atoms with van der Waals surface area (Å²) in [7, 11) is 0. The van der Waals surface area contributed by atoms with Crippen molar-refractivity contribution in [1.82, 2.24) is 15.8 Å². The molecule has 0 saturated heterocycles. The highest BCUT2D eigenvalue weighted by atomic mass is 16.6. The van der Waals surface area contributed by atoms with Crippen LogP contribution in [0.3, 0.4) is 0 Å². The molecular formula is C19H21N3O5. The molecule has 27 heavy (non-hydrogen) atoms. The van der Waals surface area contributed by atoms with E-state index >= 15 is 0 Å². The number of nitrogens with one attached hydrogen (secondary N) is 2. The van der Waals surface area contributed by atoms with Gasteiger partial charge >= 0.3 is 12.1 Å². The lowest BCUT2D eigenvalue weighted by molar-refractivity contribution is -0.116. The van der Waals surface area contributed by atoms with Gasteiger partial charge in [0, 0.05) is 0 Å². The molecule has 0 atom stereocenters. The molecule has 3 N–H and O–H groups in total. The molecular weight excluding hydrogens is 350 g/mol. The smallest absolute Gasteiger partial charge is 0.426 e. The third kappa shape index (κ3) is 7.07. The highest BCUT2D eigenvalue weighted by molar-refractivity contribution is 5.84. The third-order valence-corrected chi connectivity index (χ3v) is 3.45. The number of urea groups is 1. The fourth-order valence-electron chi connectivity index (χ4n) is 2.11. The number of carbonyl (C=O) groups is 3. The number of rotatable bonds is 6. The Bertz CT molecular complexity index is 778. The number of ether oxygens (including phenoxy) is 1. The summed E-state index contributed by atoms with van der Waals surface area (Å²) in [6.07, 6.45) is -0.810. The van der Waals surface area contributed by atoms with Crippen LogP contribution in [-0.4, -0.2) is 34.6 Å². The Morgan fingerprint density at radius 2 is 1.67 bits per heavy atom. The monoisotopic (exact) mass is 371 g/mol. The minimum absolute atomic E-state index is 0.0183. The van der Waals surface area contributed by atoms with Crippen molar-refractivity contribution in [2.24, 2.45) is 0 Å². The maximum atomic E-state index is 12.3. The van der Waals surface area contributed by atoms with Crippen molar-refractivity contribution in [3.05, 3.63) is 65.7 Å². The molecule has 0 spiro atoms. The van der Waals surface area contributed by atoms with E-state index in [1.807, 2.05) is 18.2 Å². The zero-order valence-electron chi connectivity index (χ0n) is 14.8. The summed E-state index contributed by atoms with van der Waals surface area (Å²) in [6.45, 7) is 1.25. The number of hydrogen-bond acceptors (Lipinski definition) is 5. The van der Waals surface area contributed by atoms with Crippen LogP contribution in [-0.2, 0) is 22.7 Å². The number of phenolic OH excluding ortho intramolecular Hbond substituents is 1. The predicted octanol–water partition coefficient (Wildman–Crippen LogP) is 2.33. The first-order chi connectivity index (χ1) is 12.9. The van der Waals surface area contributed by atoms with Crippen LogP contribution in [0, 0.1) is 0 Å². The van der Waals surface area contributed by atoms with Crippen LogP contribution in [0.5, 0.6) is 5.75 Å². The number of ketones is 1. The lowest BCUT2D eigenvalue weighted by Crippen LogP contribution is -2.51. The van der Waals surface area contributed by atoms with Crippen LogP contribution in [0.1, 0.15) is 18.1 Å². The molecule has 0 fully saturated rings. The predicted molar refractivity (Wildman–Crippen MR) is 97.5 cm³/mol. The zero-order valence-corrected chi connectivity index (χ0v) is 14.8. The fraction of sp³-hybridized carbons (Fsp3) is 0.211. The van der Waals surface area contributed by atoms with Crippen molar-refractivity contribution < 1.29 is 24.2 Å². The van der Waals surface area contributed by atoms with Crippen molar-refractivity contribution in [2.45, 2.75) is 20.1 Å². The van der Waals surface area contributed by atoms with E-state index in [2.05, 4.69) is 10.7 Å². The van der Waals surface area contributed by atoms with Crippen LogP contribution in [0.15, 0.2) is 54.6 Å². The molecule has 0 aliphatic rings. The fourth-order valence-corrected chi connectivity index (χ4v) is 2.11. The summed E-state index contributed by atoms with van der Waals surface area (Å²) in [6, 6.07) is 14.6. The molecule has 2 aromatic carbocycles.